The Morgan fingerprint density at radius 1 is 1.35 bits per heavy atom. The molecule has 0 bridgehead atoms. The zero-order chi connectivity index (χ0) is 16.5. The molecule has 6 nitrogen and oxygen atoms in total. The van der Waals surface area contributed by atoms with E-state index in [1.54, 1.807) is 6.26 Å². The molecule has 0 saturated carbocycles. The molecule has 0 radical (unpaired) electrons. The summed E-state index contributed by atoms with van der Waals surface area (Å²) in [4.78, 5) is 4.62. The molecular weight excluding hydrogens is 296 g/mol. The molecule has 2 heterocycles. The van der Waals surface area contributed by atoms with Gasteiger partial charge in [-0.2, -0.15) is 0 Å². The third-order valence-electron chi connectivity index (χ3n) is 3.89. The van der Waals surface area contributed by atoms with Crippen molar-refractivity contribution in [3.8, 4) is 0 Å². The van der Waals surface area contributed by atoms with Gasteiger partial charge in [0, 0.05) is 32.7 Å². The van der Waals surface area contributed by atoms with Crippen molar-refractivity contribution in [3.63, 3.8) is 0 Å². The molecular formula is C17H30N2O4. The molecule has 2 rings (SSSR count). The fraction of sp³-hybridized carbons (Fsp3) is 0.765. The first-order chi connectivity index (χ1) is 11.1. The lowest BCUT2D eigenvalue weighted by atomic mass is 10.3. The lowest BCUT2D eigenvalue weighted by molar-refractivity contribution is -0.0136. The predicted octanol–water partition coefficient (Wildman–Crippen LogP) is 1.20. The van der Waals surface area contributed by atoms with Crippen LogP contribution in [0, 0.1) is 0 Å². The van der Waals surface area contributed by atoms with Gasteiger partial charge in [-0.3, -0.25) is 9.80 Å². The summed E-state index contributed by atoms with van der Waals surface area (Å²) < 4.78 is 16.3. The molecule has 0 aromatic carbocycles. The van der Waals surface area contributed by atoms with Gasteiger partial charge in [-0.25, -0.2) is 0 Å². The zero-order valence-electron chi connectivity index (χ0n) is 14.3. The van der Waals surface area contributed by atoms with Crippen LogP contribution in [-0.4, -0.2) is 79.7 Å². The average Bonchev–Trinajstić information content (AvgIpc) is 3.04. The largest absolute Gasteiger partial charge is 0.468 e. The number of ether oxygens (including phenoxy) is 2. The van der Waals surface area contributed by atoms with Crippen LogP contribution in [0.15, 0.2) is 22.8 Å². The highest BCUT2D eigenvalue weighted by Crippen LogP contribution is 2.08. The number of rotatable bonds is 10. The first-order valence-corrected chi connectivity index (χ1v) is 8.48. The second-order valence-electron chi connectivity index (χ2n) is 6.30. The fourth-order valence-corrected chi connectivity index (χ4v) is 2.62. The minimum atomic E-state index is -0.489. The quantitative estimate of drug-likeness (QED) is 0.697. The SMILES string of the molecule is CC(C)OC[C@@H](O)CN(CCN1CCOCC1)Cc1ccco1. The standard InChI is InChI=1S/C17H30N2O4/c1-15(2)23-14-16(20)12-19(13-17-4-3-9-22-17)6-5-18-7-10-21-11-8-18/h3-4,9,15-16,20H,5-8,10-14H2,1-2H3/t16-/m0/s1. The smallest absolute Gasteiger partial charge is 0.117 e. The zero-order valence-corrected chi connectivity index (χ0v) is 14.3. The van der Waals surface area contributed by atoms with Crippen molar-refractivity contribution in [2.45, 2.75) is 32.6 Å². The van der Waals surface area contributed by atoms with E-state index in [1.807, 2.05) is 26.0 Å². The second-order valence-corrected chi connectivity index (χ2v) is 6.30. The van der Waals surface area contributed by atoms with E-state index in [9.17, 15) is 5.11 Å². The Labute approximate surface area is 139 Å². The molecule has 1 aromatic heterocycles. The van der Waals surface area contributed by atoms with Gasteiger partial charge in [0.2, 0.25) is 0 Å². The Kier molecular flexibility index (Phi) is 8.05. The average molecular weight is 326 g/mol. The molecule has 23 heavy (non-hydrogen) atoms. The number of aliphatic hydroxyl groups is 1. The van der Waals surface area contributed by atoms with E-state index in [-0.39, 0.29) is 6.10 Å². The maximum absolute atomic E-state index is 10.2. The summed E-state index contributed by atoms with van der Waals surface area (Å²) in [5.41, 5.74) is 0. The molecule has 1 saturated heterocycles. The monoisotopic (exact) mass is 326 g/mol. The summed E-state index contributed by atoms with van der Waals surface area (Å²) in [5.74, 6) is 0.920. The number of morpholine rings is 1. The number of furan rings is 1. The number of hydrogen-bond donors (Lipinski definition) is 1. The van der Waals surface area contributed by atoms with Crippen molar-refractivity contribution in [2.24, 2.45) is 0 Å². The summed E-state index contributed by atoms with van der Waals surface area (Å²) in [6.45, 7) is 11.0. The number of hydrogen-bond acceptors (Lipinski definition) is 6. The third-order valence-corrected chi connectivity index (χ3v) is 3.89. The van der Waals surface area contributed by atoms with E-state index in [0.717, 1.165) is 45.2 Å². The maximum atomic E-state index is 10.2. The molecule has 1 aromatic rings. The second kappa shape index (κ2) is 10.1. The molecule has 1 N–H and O–H groups in total. The maximum Gasteiger partial charge on any atom is 0.117 e. The van der Waals surface area contributed by atoms with E-state index in [1.165, 1.54) is 0 Å². The first kappa shape index (κ1) is 18.4. The van der Waals surface area contributed by atoms with Crippen molar-refractivity contribution in [1.82, 2.24) is 9.80 Å². The summed E-state index contributed by atoms with van der Waals surface area (Å²) in [6, 6.07) is 3.87. The van der Waals surface area contributed by atoms with Gasteiger partial charge in [-0.05, 0) is 26.0 Å². The van der Waals surface area contributed by atoms with Gasteiger partial charge < -0.3 is 19.0 Å². The molecule has 0 amide bonds. The normalized spacial score (nSPS) is 18.0. The van der Waals surface area contributed by atoms with Crippen LogP contribution < -0.4 is 0 Å². The fourth-order valence-electron chi connectivity index (χ4n) is 2.62. The molecule has 0 unspecified atom stereocenters. The molecule has 1 aliphatic rings. The number of nitrogens with zero attached hydrogens (tertiary/aromatic N) is 2. The minimum absolute atomic E-state index is 0.136. The summed E-state index contributed by atoms with van der Waals surface area (Å²) in [5, 5.41) is 10.2. The van der Waals surface area contributed by atoms with Crippen LogP contribution in [0.25, 0.3) is 0 Å². The molecule has 0 spiro atoms. The van der Waals surface area contributed by atoms with Gasteiger partial charge >= 0.3 is 0 Å². The van der Waals surface area contributed by atoms with Gasteiger partial charge in [-0.15, -0.1) is 0 Å². The van der Waals surface area contributed by atoms with Gasteiger partial charge in [-0.1, -0.05) is 0 Å². The van der Waals surface area contributed by atoms with E-state index in [2.05, 4.69) is 9.80 Å². The highest BCUT2D eigenvalue weighted by molar-refractivity contribution is 4.98. The first-order valence-electron chi connectivity index (χ1n) is 8.48. The highest BCUT2D eigenvalue weighted by atomic mass is 16.5. The van der Waals surface area contributed by atoms with Gasteiger partial charge in [0.15, 0.2) is 0 Å². The van der Waals surface area contributed by atoms with Crippen molar-refractivity contribution in [1.29, 1.82) is 0 Å². The Morgan fingerprint density at radius 2 is 2.13 bits per heavy atom. The predicted molar refractivity (Wildman–Crippen MR) is 88.3 cm³/mol. The van der Waals surface area contributed by atoms with Crippen molar-refractivity contribution >= 4 is 0 Å². The van der Waals surface area contributed by atoms with Crippen molar-refractivity contribution in [3.05, 3.63) is 24.2 Å². The number of aliphatic hydroxyl groups excluding tert-OH is 1. The van der Waals surface area contributed by atoms with E-state index in [0.29, 0.717) is 19.7 Å². The van der Waals surface area contributed by atoms with Crippen molar-refractivity contribution in [2.75, 3.05) is 52.5 Å². The van der Waals surface area contributed by atoms with Crippen LogP contribution in [0.5, 0.6) is 0 Å². The summed E-state index contributed by atoms with van der Waals surface area (Å²) in [7, 11) is 0. The Bertz CT molecular complexity index is 405. The Hall–Kier alpha value is -0.920. The summed E-state index contributed by atoms with van der Waals surface area (Å²) in [6.07, 6.45) is 1.34. The van der Waals surface area contributed by atoms with Gasteiger partial charge in [0.1, 0.15) is 5.76 Å². The van der Waals surface area contributed by atoms with Crippen LogP contribution >= 0.6 is 0 Å². The van der Waals surface area contributed by atoms with Crippen molar-refractivity contribution < 1.29 is 19.0 Å². The van der Waals surface area contributed by atoms with Gasteiger partial charge in [0.05, 0.1) is 44.8 Å². The minimum Gasteiger partial charge on any atom is -0.468 e. The third kappa shape index (κ3) is 7.46. The summed E-state index contributed by atoms with van der Waals surface area (Å²) >= 11 is 0. The Balaban J connectivity index is 1.80. The Morgan fingerprint density at radius 3 is 2.78 bits per heavy atom. The molecule has 1 atom stereocenters. The molecule has 1 fully saturated rings. The van der Waals surface area contributed by atoms with Crippen LogP contribution in [0.2, 0.25) is 0 Å². The van der Waals surface area contributed by atoms with E-state index >= 15 is 0 Å². The highest BCUT2D eigenvalue weighted by Gasteiger charge is 2.17. The van der Waals surface area contributed by atoms with Crippen LogP contribution in [0.3, 0.4) is 0 Å². The molecule has 1 aliphatic heterocycles. The van der Waals surface area contributed by atoms with Gasteiger partial charge in [0.25, 0.3) is 0 Å². The molecule has 132 valence electrons. The van der Waals surface area contributed by atoms with E-state index < -0.39 is 6.10 Å². The van der Waals surface area contributed by atoms with E-state index in [4.69, 9.17) is 13.9 Å². The lowest BCUT2D eigenvalue weighted by Gasteiger charge is -2.30. The van der Waals surface area contributed by atoms with Crippen LogP contribution in [0.1, 0.15) is 19.6 Å². The van der Waals surface area contributed by atoms with Crippen LogP contribution in [-0.2, 0) is 16.0 Å². The lowest BCUT2D eigenvalue weighted by Crippen LogP contribution is -2.43. The topological polar surface area (TPSA) is 58.3 Å². The molecule has 0 aliphatic carbocycles. The molecule has 6 heteroatoms. The van der Waals surface area contributed by atoms with Crippen LogP contribution in [0.4, 0.5) is 0 Å².